The molecule has 1 atom stereocenters. The number of carbonyl (C=O) groups is 1. The Bertz CT molecular complexity index is 1340. The number of urea groups is 1. The Kier molecular flexibility index (Phi) is 5.72. The first-order valence-electron chi connectivity index (χ1n) is 11.3. The van der Waals surface area contributed by atoms with Crippen LogP contribution in [-0.4, -0.2) is 21.1 Å². The molecule has 4 aromatic rings. The molecular weight excluding hydrogens is 424 g/mol. The molecule has 0 spiro atoms. The molecule has 5 rings (SSSR count). The number of amides is 2. The fourth-order valence-corrected chi connectivity index (χ4v) is 4.17. The van der Waals surface area contributed by atoms with Crippen LogP contribution in [0.15, 0.2) is 89.1 Å². The average molecular weight is 451 g/mol. The van der Waals surface area contributed by atoms with Crippen molar-refractivity contribution in [2.75, 3.05) is 0 Å². The maximum Gasteiger partial charge on any atom is 0.322 e. The molecule has 0 aliphatic carbocycles. The third-order valence-corrected chi connectivity index (χ3v) is 6.16. The quantitative estimate of drug-likeness (QED) is 0.402. The Morgan fingerprint density at radius 1 is 0.882 bits per heavy atom. The first-order chi connectivity index (χ1) is 16.5. The number of benzene rings is 3. The molecule has 6 nitrogen and oxygen atoms in total. The number of hydrogen-bond donors (Lipinski definition) is 1. The second-order valence-electron chi connectivity index (χ2n) is 8.65. The molecule has 2 amide bonds. The molecule has 2 heterocycles. The zero-order valence-electron chi connectivity index (χ0n) is 19.4. The summed E-state index contributed by atoms with van der Waals surface area (Å²) in [4.78, 5) is 19.7. The Hall–Kier alpha value is -4.19. The van der Waals surface area contributed by atoms with Crippen molar-refractivity contribution in [1.82, 2.24) is 20.4 Å². The van der Waals surface area contributed by atoms with Crippen LogP contribution in [-0.2, 0) is 6.54 Å². The smallest absolute Gasteiger partial charge is 0.322 e. The van der Waals surface area contributed by atoms with Gasteiger partial charge in [-0.15, -0.1) is 0 Å². The van der Waals surface area contributed by atoms with Crippen molar-refractivity contribution in [2.24, 2.45) is 0 Å². The van der Waals surface area contributed by atoms with Gasteiger partial charge < -0.3 is 9.84 Å². The molecule has 1 N–H and O–H groups in total. The largest absolute Gasteiger partial charge is 0.334 e. The predicted octanol–water partition coefficient (Wildman–Crippen LogP) is 6.05. The zero-order valence-corrected chi connectivity index (χ0v) is 19.4. The van der Waals surface area contributed by atoms with Crippen LogP contribution in [0.4, 0.5) is 4.79 Å². The van der Waals surface area contributed by atoms with Gasteiger partial charge in [-0.2, -0.15) is 4.98 Å². The van der Waals surface area contributed by atoms with Crippen molar-refractivity contribution in [3.63, 3.8) is 0 Å². The topological polar surface area (TPSA) is 71.3 Å². The molecule has 1 aromatic heterocycles. The third kappa shape index (κ3) is 4.22. The molecule has 170 valence electrons. The number of carbonyl (C=O) groups excluding carboxylic acids is 1. The number of aromatic nitrogens is 2. The van der Waals surface area contributed by atoms with E-state index in [1.807, 2.05) is 87.5 Å². The zero-order chi connectivity index (χ0) is 23.7. The van der Waals surface area contributed by atoms with Gasteiger partial charge in [0.1, 0.15) is 0 Å². The number of hydrogen-bond acceptors (Lipinski definition) is 4. The lowest BCUT2D eigenvalue weighted by Gasteiger charge is -2.35. The average Bonchev–Trinajstić information content (AvgIpc) is 3.33. The number of aryl methyl sites for hydroxylation is 2. The van der Waals surface area contributed by atoms with E-state index in [1.54, 1.807) is 4.90 Å². The van der Waals surface area contributed by atoms with Crippen molar-refractivity contribution in [3.8, 4) is 11.4 Å². The van der Waals surface area contributed by atoms with Crippen LogP contribution in [0.3, 0.4) is 0 Å². The SMILES string of the molecule is CC1=C(c2nc(-c3ccccc3)no2)C(c2ccc(C)cc2)NC(=O)N1Cc1ccc(C)cc1. The lowest BCUT2D eigenvalue weighted by molar-refractivity contribution is 0.203. The molecule has 0 bridgehead atoms. The van der Waals surface area contributed by atoms with Crippen molar-refractivity contribution in [2.45, 2.75) is 33.4 Å². The molecule has 3 aromatic carbocycles. The minimum absolute atomic E-state index is 0.157. The molecule has 0 saturated carbocycles. The van der Waals surface area contributed by atoms with Gasteiger partial charge in [0.05, 0.1) is 18.2 Å². The van der Waals surface area contributed by atoms with Crippen molar-refractivity contribution < 1.29 is 9.32 Å². The van der Waals surface area contributed by atoms with E-state index in [-0.39, 0.29) is 6.03 Å². The second-order valence-corrected chi connectivity index (χ2v) is 8.65. The standard InChI is InChI=1S/C28H26N4O2/c1-18-9-13-21(14-10-18)17-32-20(3)24(25(29-28(32)33)22-15-11-19(2)12-16-22)27-30-26(31-34-27)23-7-5-4-6-8-23/h4-16,25H,17H2,1-3H3,(H,29,33). The van der Waals surface area contributed by atoms with Gasteiger partial charge >= 0.3 is 6.03 Å². The summed E-state index contributed by atoms with van der Waals surface area (Å²) in [7, 11) is 0. The van der Waals surface area contributed by atoms with E-state index >= 15 is 0 Å². The minimum atomic E-state index is -0.397. The van der Waals surface area contributed by atoms with Crippen molar-refractivity contribution in [1.29, 1.82) is 0 Å². The normalized spacial score (nSPS) is 16.0. The highest BCUT2D eigenvalue weighted by Gasteiger charge is 2.35. The van der Waals surface area contributed by atoms with Gasteiger partial charge in [-0.3, -0.25) is 4.90 Å². The van der Waals surface area contributed by atoms with Crippen LogP contribution in [0.5, 0.6) is 0 Å². The number of rotatable bonds is 5. The lowest BCUT2D eigenvalue weighted by Crippen LogP contribution is -2.45. The van der Waals surface area contributed by atoms with Gasteiger partial charge in [-0.1, -0.05) is 95.1 Å². The Morgan fingerprint density at radius 3 is 2.21 bits per heavy atom. The summed E-state index contributed by atoms with van der Waals surface area (Å²) in [6.45, 7) is 6.48. The summed E-state index contributed by atoms with van der Waals surface area (Å²) >= 11 is 0. The molecule has 1 aliphatic heterocycles. The van der Waals surface area contributed by atoms with Gasteiger partial charge in [0, 0.05) is 11.3 Å². The summed E-state index contributed by atoms with van der Waals surface area (Å²) in [6, 6.07) is 25.5. The summed E-state index contributed by atoms with van der Waals surface area (Å²) in [5, 5.41) is 7.39. The van der Waals surface area contributed by atoms with Gasteiger partial charge in [0.25, 0.3) is 5.89 Å². The predicted molar refractivity (Wildman–Crippen MR) is 132 cm³/mol. The maximum atomic E-state index is 13.2. The van der Waals surface area contributed by atoms with Gasteiger partial charge in [0.15, 0.2) is 0 Å². The Labute approximate surface area is 198 Å². The lowest BCUT2D eigenvalue weighted by atomic mass is 9.94. The van der Waals surface area contributed by atoms with Crippen LogP contribution < -0.4 is 5.32 Å². The van der Waals surface area contributed by atoms with Gasteiger partial charge in [-0.25, -0.2) is 4.79 Å². The highest BCUT2D eigenvalue weighted by molar-refractivity contribution is 5.86. The van der Waals surface area contributed by atoms with Crippen LogP contribution in [0, 0.1) is 13.8 Å². The maximum absolute atomic E-state index is 13.2. The van der Waals surface area contributed by atoms with E-state index in [1.165, 1.54) is 5.56 Å². The molecular formula is C28H26N4O2. The second kappa shape index (κ2) is 8.98. The van der Waals surface area contributed by atoms with Crippen LogP contribution in [0.1, 0.15) is 41.1 Å². The Morgan fingerprint density at radius 2 is 1.53 bits per heavy atom. The molecule has 1 aliphatic rings. The highest BCUT2D eigenvalue weighted by Crippen LogP contribution is 2.38. The summed E-state index contributed by atoms with van der Waals surface area (Å²) in [5.41, 5.74) is 6.80. The minimum Gasteiger partial charge on any atom is -0.334 e. The number of nitrogens with zero attached hydrogens (tertiary/aromatic N) is 3. The molecule has 6 heteroatoms. The van der Waals surface area contributed by atoms with Crippen LogP contribution in [0.2, 0.25) is 0 Å². The van der Waals surface area contributed by atoms with Crippen molar-refractivity contribution >= 4 is 11.6 Å². The fraction of sp³-hybridized carbons (Fsp3) is 0.179. The van der Waals surface area contributed by atoms with Crippen molar-refractivity contribution in [3.05, 3.63) is 113 Å². The summed E-state index contributed by atoms with van der Waals surface area (Å²) in [5.74, 6) is 0.913. The van der Waals surface area contributed by atoms with Gasteiger partial charge in [0.2, 0.25) is 5.82 Å². The highest BCUT2D eigenvalue weighted by atomic mass is 16.5. The van der Waals surface area contributed by atoms with Gasteiger partial charge in [-0.05, 0) is 31.9 Å². The van der Waals surface area contributed by atoms with E-state index < -0.39 is 6.04 Å². The summed E-state index contributed by atoms with van der Waals surface area (Å²) in [6.07, 6.45) is 0. The number of nitrogens with one attached hydrogen (secondary N) is 1. The third-order valence-electron chi connectivity index (χ3n) is 6.16. The first kappa shape index (κ1) is 21.6. The molecule has 34 heavy (non-hydrogen) atoms. The first-order valence-corrected chi connectivity index (χ1v) is 11.3. The van der Waals surface area contributed by atoms with E-state index in [0.29, 0.717) is 18.3 Å². The molecule has 0 saturated heterocycles. The molecule has 1 unspecified atom stereocenters. The van der Waals surface area contributed by atoms with E-state index in [9.17, 15) is 4.79 Å². The summed E-state index contributed by atoms with van der Waals surface area (Å²) < 4.78 is 5.76. The molecule has 0 fully saturated rings. The van der Waals surface area contributed by atoms with E-state index in [0.717, 1.165) is 33.5 Å². The molecule has 0 radical (unpaired) electrons. The number of allylic oxidation sites excluding steroid dienone is 1. The van der Waals surface area contributed by atoms with E-state index in [2.05, 4.69) is 22.6 Å². The van der Waals surface area contributed by atoms with Crippen LogP contribution in [0.25, 0.3) is 17.0 Å². The van der Waals surface area contributed by atoms with Crippen LogP contribution >= 0.6 is 0 Å². The van der Waals surface area contributed by atoms with E-state index in [4.69, 9.17) is 9.51 Å². The Balaban J connectivity index is 1.59. The fourth-order valence-electron chi connectivity index (χ4n) is 4.17. The monoisotopic (exact) mass is 450 g/mol.